The van der Waals surface area contributed by atoms with Crippen LogP contribution in [0.25, 0.3) is 0 Å². The Kier molecular flexibility index (Phi) is 4.76. The molecule has 15 heavy (non-hydrogen) atoms. The third kappa shape index (κ3) is 8.41. The van der Waals surface area contributed by atoms with Crippen molar-refractivity contribution in [1.29, 1.82) is 0 Å². The fraction of sp³-hybridized carbons (Fsp3) is 0.786. The van der Waals surface area contributed by atoms with Gasteiger partial charge in [-0.1, -0.05) is 40.7 Å². The highest BCUT2D eigenvalue weighted by molar-refractivity contribution is 5.96. The second-order valence-electron chi connectivity index (χ2n) is 6.56. The van der Waals surface area contributed by atoms with Crippen molar-refractivity contribution in [2.45, 2.75) is 60.9 Å². The molecule has 0 atom stereocenters. The molecule has 0 aromatic carbocycles. The summed E-state index contributed by atoms with van der Waals surface area (Å²) in [5.74, 6) is 0.489. The average molecular weight is 209 g/mol. The van der Waals surface area contributed by atoms with Gasteiger partial charge in [-0.25, -0.2) is 0 Å². The van der Waals surface area contributed by atoms with Gasteiger partial charge in [0.05, 0.1) is 5.54 Å². The Morgan fingerprint density at radius 1 is 1.00 bits per heavy atom. The highest BCUT2D eigenvalue weighted by atomic mass is 14.8. The SMILES string of the molecule is CC(C)C(/C=C\C(C)(C)C)=NC(C)(C)C. The molecule has 0 spiro atoms. The van der Waals surface area contributed by atoms with E-state index in [0.717, 1.165) is 0 Å². The van der Waals surface area contributed by atoms with E-state index in [4.69, 9.17) is 4.99 Å². The molecule has 0 amide bonds. The molecule has 0 radical (unpaired) electrons. The summed E-state index contributed by atoms with van der Waals surface area (Å²) >= 11 is 0. The van der Waals surface area contributed by atoms with Gasteiger partial charge in [-0.15, -0.1) is 0 Å². The largest absolute Gasteiger partial charge is 0.284 e. The van der Waals surface area contributed by atoms with Crippen LogP contribution in [0.5, 0.6) is 0 Å². The van der Waals surface area contributed by atoms with E-state index in [1.807, 2.05) is 0 Å². The lowest BCUT2D eigenvalue weighted by Crippen LogP contribution is -2.17. The lowest BCUT2D eigenvalue weighted by atomic mass is 9.94. The van der Waals surface area contributed by atoms with E-state index in [-0.39, 0.29) is 11.0 Å². The fourth-order valence-corrected chi connectivity index (χ4v) is 1.08. The van der Waals surface area contributed by atoms with Crippen LogP contribution in [0.15, 0.2) is 17.1 Å². The van der Waals surface area contributed by atoms with Crippen LogP contribution < -0.4 is 0 Å². The van der Waals surface area contributed by atoms with Crippen molar-refractivity contribution in [2.75, 3.05) is 0 Å². The van der Waals surface area contributed by atoms with Crippen molar-refractivity contribution in [1.82, 2.24) is 0 Å². The molecule has 0 aliphatic rings. The molecular weight excluding hydrogens is 182 g/mol. The maximum atomic E-state index is 4.74. The minimum Gasteiger partial charge on any atom is -0.284 e. The number of hydrogen-bond acceptors (Lipinski definition) is 1. The summed E-state index contributed by atoms with van der Waals surface area (Å²) in [6.07, 6.45) is 4.41. The molecular formula is C14H27N. The van der Waals surface area contributed by atoms with Gasteiger partial charge >= 0.3 is 0 Å². The predicted octanol–water partition coefficient (Wildman–Crippen LogP) is 4.48. The van der Waals surface area contributed by atoms with Gasteiger partial charge in [-0.3, -0.25) is 4.99 Å². The Hall–Kier alpha value is -0.590. The zero-order valence-electron chi connectivity index (χ0n) is 11.7. The summed E-state index contributed by atoms with van der Waals surface area (Å²) in [6, 6.07) is 0. The summed E-state index contributed by atoms with van der Waals surface area (Å²) < 4.78 is 0. The molecule has 1 heteroatoms. The van der Waals surface area contributed by atoms with Gasteiger partial charge in [-0.2, -0.15) is 0 Å². The first-order valence-corrected chi connectivity index (χ1v) is 5.80. The Morgan fingerprint density at radius 2 is 1.47 bits per heavy atom. The van der Waals surface area contributed by atoms with E-state index in [2.05, 4.69) is 67.5 Å². The predicted molar refractivity (Wildman–Crippen MR) is 70.6 cm³/mol. The Morgan fingerprint density at radius 3 is 1.73 bits per heavy atom. The minimum absolute atomic E-state index is 0.0157. The summed E-state index contributed by atoms with van der Waals surface area (Å²) in [6.45, 7) is 17.4. The van der Waals surface area contributed by atoms with Gasteiger partial charge in [0.15, 0.2) is 0 Å². The normalized spacial score (nSPS) is 15.4. The van der Waals surface area contributed by atoms with Gasteiger partial charge in [0, 0.05) is 5.71 Å². The number of aliphatic imine (C=N–C) groups is 1. The molecule has 0 fully saturated rings. The Bertz CT molecular complexity index is 243. The molecule has 0 bridgehead atoms. The Labute approximate surface area is 95.7 Å². The van der Waals surface area contributed by atoms with Gasteiger partial charge in [0.25, 0.3) is 0 Å². The number of allylic oxidation sites excluding steroid dienone is 2. The quantitative estimate of drug-likeness (QED) is 0.594. The maximum Gasteiger partial charge on any atom is 0.0527 e. The smallest absolute Gasteiger partial charge is 0.0527 e. The average Bonchev–Trinajstić information content (AvgIpc) is 1.93. The first kappa shape index (κ1) is 14.4. The van der Waals surface area contributed by atoms with Crippen molar-refractivity contribution < 1.29 is 0 Å². The van der Waals surface area contributed by atoms with Crippen LogP contribution >= 0.6 is 0 Å². The van der Waals surface area contributed by atoms with Gasteiger partial charge < -0.3 is 0 Å². The van der Waals surface area contributed by atoms with E-state index >= 15 is 0 Å². The van der Waals surface area contributed by atoms with Gasteiger partial charge in [-0.05, 0) is 38.2 Å². The second kappa shape index (κ2) is 4.96. The third-order valence-electron chi connectivity index (χ3n) is 1.81. The lowest BCUT2D eigenvalue weighted by Gasteiger charge is -2.18. The zero-order chi connectivity index (χ0) is 12.3. The standard InChI is InChI=1S/C14H27N/c1-11(2)12(15-14(6,7)8)9-10-13(3,4)5/h9-11H,1-8H3/b10-9-,15-12?. The summed E-state index contributed by atoms with van der Waals surface area (Å²) in [5.41, 5.74) is 1.44. The van der Waals surface area contributed by atoms with Crippen molar-refractivity contribution in [2.24, 2.45) is 16.3 Å². The van der Waals surface area contributed by atoms with Crippen LogP contribution in [0, 0.1) is 11.3 Å². The number of nitrogens with zero attached hydrogens (tertiary/aromatic N) is 1. The summed E-state index contributed by atoms with van der Waals surface area (Å²) in [7, 11) is 0. The molecule has 0 aliphatic carbocycles. The van der Waals surface area contributed by atoms with E-state index in [1.165, 1.54) is 5.71 Å². The molecule has 0 aromatic rings. The van der Waals surface area contributed by atoms with Crippen molar-refractivity contribution in [3.63, 3.8) is 0 Å². The van der Waals surface area contributed by atoms with Crippen LogP contribution in [0.3, 0.4) is 0 Å². The third-order valence-corrected chi connectivity index (χ3v) is 1.81. The van der Waals surface area contributed by atoms with Crippen LogP contribution in [0.4, 0.5) is 0 Å². The van der Waals surface area contributed by atoms with Crippen LogP contribution in [0.1, 0.15) is 55.4 Å². The molecule has 0 aromatic heterocycles. The number of hydrogen-bond donors (Lipinski definition) is 0. The molecule has 0 saturated heterocycles. The fourth-order valence-electron chi connectivity index (χ4n) is 1.08. The molecule has 0 N–H and O–H groups in total. The lowest BCUT2D eigenvalue weighted by molar-refractivity contribution is 0.543. The monoisotopic (exact) mass is 209 g/mol. The Balaban J connectivity index is 4.87. The van der Waals surface area contributed by atoms with Crippen LogP contribution in [-0.4, -0.2) is 11.3 Å². The zero-order valence-corrected chi connectivity index (χ0v) is 11.7. The van der Waals surface area contributed by atoms with Crippen molar-refractivity contribution in [3.05, 3.63) is 12.2 Å². The number of rotatable bonds is 2. The summed E-state index contributed by atoms with van der Waals surface area (Å²) in [4.78, 5) is 4.74. The molecule has 0 rings (SSSR count). The van der Waals surface area contributed by atoms with E-state index in [9.17, 15) is 0 Å². The van der Waals surface area contributed by atoms with Crippen molar-refractivity contribution >= 4 is 5.71 Å². The highest BCUT2D eigenvalue weighted by Gasteiger charge is 2.12. The molecule has 88 valence electrons. The first-order valence-electron chi connectivity index (χ1n) is 5.80. The van der Waals surface area contributed by atoms with E-state index in [1.54, 1.807) is 0 Å². The minimum atomic E-state index is 0.0157. The molecule has 0 aliphatic heterocycles. The maximum absolute atomic E-state index is 4.74. The highest BCUT2D eigenvalue weighted by Crippen LogP contribution is 2.17. The molecule has 0 saturated carbocycles. The van der Waals surface area contributed by atoms with E-state index < -0.39 is 0 Å². The van der Waals surface area contributed by atoms with Gasteiger partial charge in [0.1, 0.15) is 0 Å². The van der Waals surface area contributed by atoms with Crippen molar-refractivity contribution in [3.8, 4) is 0 Å². The van der Waals surface area contributed by atoms with Gasteiger partial charge in [0.2, 0.25) is 0 Å². The van der Waals surface area contributed by atoms with Crippen LogP contribution in [-0.2, 0) is 0 Å². The topological polar surface area (TPSA) is 12.4 Å². The molecule has 0 heterocycles. The first-order chi connectivity index (χ1) is 6.51. The molecule has 0 unspecified atom stereocenters. The van der Waals surface area contributed by atoms with Crippen LogP contribution in [0.2, 0.25) is 0 Å². The van der Waals surface area contributed by atoms with E-state index in [0.29, 0.717) is 5.92 Å². The second-order valence-corrected chi connectivity index (χ2v) is 6.56. The molecule has 1 nitrogen and oxygen atoms in total. The summed E-state index contributed by atoms with van der Waals surface area (Å²) in [5, 5.41) is 0.